The number of nitrogens with one attached hydrogen (secondary N) is 1. The number of hydrogen-bond acceptors (Lipinski definition) is 15. The standard InChI is InChI=1S/2C37H32O4S.C10H23N3O2S.C2H6O2S/c2*1-23-9-7-10-24(2)32(23)19-27-15-17-29-34(21-27)41-35-22-28(20-33-25(3)11-8-12-26(33)4)16-18-30(35)37(29)31-13-5-6-14-36(31)42(38,39)40;1-3-16(14,15)11-5-4-6-13-9-7-12(2)8-10-13;1-3-4-5-2/h2*5-19,21-22H,20H2,1-4H3,(H,38,39,40);11H,3-10H2,1-2H3;1-2H3/p-2/b2*27-19+;;. The number of nitrogens with zero attached hydrogens (tertiary/aromatic N) is 2. The van der Waals surface area contributed by atoms with Crippen molar-refractivity contribution in [2.75, 3.05) is 65.4 Å². The van der Waals surface area contributed by atoms with Crippen molar-refractivity contribution >= 4 is 65.6 Å². The predicted molar refractivity (Wildman–Crippen MR) is 420 cm³/mol. The number of rotatable bonds is 18. The number of sulfonamides is 1. The van der Waals surface area contributed by atoms with Crippen LogP contribution in [-0.4, -0.2) is 110 Å². The maximum absolute atomic E-state index is 12.4. The van der Waals surface area contributed by atoms with Crippen LogP contribution in [-0.2, 0) is 52.3 Å². The Balaban J connectivity index is 0.000000177. The van der Waals surface area contributed by atoms with Crippen molar-refractivity contribution in [3.05, 3.63) is 315 Å². The molecule has 3 aliphatic rings. The molecule has 0 amide bonds. The van der Waals surface area contributed by atoms with Crippen molar-refractivity contribution in [3.8, 4) is 23.0 Å². The molecule has 0 spiro atoms. The molecule has 1 saturated heterocycles. The van der Waals surface area contributed by atoms with Crippen molar-refractivity contribution in [2.24, 2.45) is 0 Å². The highest BCUT2D eigenvalue weighted by Crippen LogP contribution is 2.41. The summed E-state index contributed by atoms with van der Waals surface area (Å²) in [5.74, 6) is 2.65. The SMILES string of the molecule is CCS(=O)(=O)NCCCN1CCN(C)CC1.COOSC.Cc1cccc(C)c1/C=c1\ccc2c(c1)Oc1cc(Cc3c(C)cccc3C)ccc1C=2c1ccccc1S(=O)(=O)[O-].Cc1cccc(C)c1/C=c1\ccc2c(c1)Oc1cc(Cc3c(C)cccc3C)ccc1C=2c1ccccc1S(=O)(=O)[O-]. The predicted octanol–water partition coefficient (Wildman–Crippen LogP) is 13.6. The second-order valence-corrected chi connectivity index (χ2v) is 32.0. The molecule has 1 N–H and O–H groups in total. The molecular weight excluding hydrogens is 1400 g/mol. The van der Waals surface area contributed by atoms with Crippen LogP contribution in [0.25, 0.3) is 23.3 Å². The van der Waals surface area contributed by atoms with E-state index in [2.05, 4.69) is 171 Å². The Morgan fingerprint density at radius 2 is 0.867 bits per heavy atom. The van der Waals surface area contributed by atoms with Gasteiger partial charge in [0.25, 0.3) is 0 Å². The number of ether oxygens (including phenoxy) is 2. The van der Waals surface area contributed by atoms with Crippen LogP contribution in [0, 0.1) is 55.4 Å². The van der Waals surface area contributed by atoms with E-state index in [9.17, 15) is 34.4 Å². The van der Waals surface area contributed by atoms with Gasteiger partial charge >= 0.3 is 0 Å². The number of piperazine rings is 1. The van der Waals surface area contributed by atoms with E-state index >= 15 is 0 Å². The van der Waals surface area contributed by atoms with Gasteiger partial charge in [-0.15, -0.1) is 0 Å². The Bertz CT molecular complexity index is 5090. The molecule has 105 heavy (non-hydrogen) atoms. The van der Waals surface area contributed by atoms with E-state index in [1.54, 1.807) is 49.6 Å². The minimum absolute atomic E-state index is 0.168. The van der Waals surface area contributed by atoms with Crippen molar-refractivity contribution in [2.45, 2.75) is 91.4 Å². The summed E-state index contributed by atoms with van der Waals surface area (Å²) in [4.78, 5) is 8.37. The van der Waals surface area contributed by atoms with Gasteiger partial charge in [-0.05, 0) is 244 Å². The molecule has 10 aromatic carbocycles. The third-order valence-electron chi connectivity index (χ3n) is 19.3. The van der Waals surface area contributed by atoms with E-state index in [-0.39, 0.29) is 15.5 Å². The van der Waals surface area contributed by atoms with Gasteiger partial charge in [0.15, 0.2) is 0 Å². The topological polar surface area (TPSA) is 204 Å². The summed E-state index contributed by atoms with van der Waals surface area (Å²) in [6.45, 7) is 24.5. The first-order valence-corrected chi connectivity index (χ1v) is 40.6. The molecule has 0 bridgehead atoms. The molecule has 15 nitrogen and oxygen atoms in total. The molecular formula is C86H91N3O12S4-2. The van der Waals surface area contributed by atoms with Gasteiger partial charge in [0, 0.05) is 94.9 Å². The maximum Gasteiger partial charge on any atom is 0.211 e. The third kappa shape index (κ3) is 19.8. The molecule has 3 aliphatic heterocycles. The molecule has 0 aromatic heterocycles. The first-order chi connectivity index (χ1) is 50.1. The van der Waals surface area contributed by atoms with Gasteiger partial charge in [-0.3, -0.25) is 0 Å². The number of fused-ring (bicyclic) bond motifs is 4. The zero-order valence-corrected chi connectivity index (χ0v) is 64.9. The third-order valence-corrected chi connectivity index (χ3v) is 22.8. The number of aryl methyl sites for hydroxylation is 8. The van der Waals surface area contributed by atoms with Gasteiger partial charge in [-0.2, -0.15) is 4.33 Å². The minimum Gasteiger partial charge on any atom is -0.744 e. The Kier molecular flexibility index (Phi) is 26.3. The monoisotopic (exact) mass is 1490 g/mol. The summed E-state index contributed by atoms with van der Waals surface area (Å²) in [6.07, 6.45) is 8.42. The molecule has 3 heterocycles. The lowest BCUT2D eigenvalue weighted by Crippen LogP contribution is -2.45. The van der Waals surface area contributed by atoms with E-state index in [0.29, 0.717) is 51.8 Å². The van der Waals surface area contributed by atoms with E-state index in [1.165, 1.54) is 86.9 Å². The lowest BCUT2D eigenvalue weighted by molar-refractivity contribution is -0.159. The molecule has 0 atom stereocenters. The van der Waals surface area contributed by atoms with Crippen LogP contribution < -0.4 is 35.1 Å². The summed E-state index contributed by atoms with van der Waals surface area (Å²) in [7, 11) is -8.85. The van der Waals surface area contributed by atoms with Crippen molar-refractivity contribution in [1.82, 2.24) is 14.5 Å². The summed E-state index contributed by atoms with van der Waals surface area (Å²) in [5.41, 5.74) is 20.2. The van der Waals surface area contributed by atoms with Crippen molar-refractivity contribution < 1.29 is 53.1 Å². The fourth-order valence-corrected chi connectivity index (χ4v) is 15.7. The Morgan fingerprint density at radius 3 is 1.23 bits per heavy atom. The van der Waals surface area contributed by atoms with Crippen LogP contribution in [0.15, 0.2) is 204 Å². The lowest BCUT2D eigenvalue weighted by atomic mass is 9.90. The summed E-state index contributed by atoms with van der Waals surface area (Å²) in [5, 5.41) is 3.40. The first-order valence-electron chi connectivity index (χ1n) is 34.9. The Labute approximate surface area is 623 Å². The van der Waals surface area contributed by atoms with Crippen LogP contribution in [0.2, 0.25) is 0 Å². The second-order valence-electron chi connectivity index (χ2n) is 26.7. The highest BCUT2D eigenvalue weighted by Gasteiger charge is 2.27. The fraction of sp³-hybridized carbons (Fsp3) is 0.256. The van der Waals surface area contributed by atoms with Gasteiger partial charge in [0.05, 0.1) is 22.7 Å². The van der Waals surface area contributed by atoms with Gasteiger partial charge in [0.1, 0.15) is 43.2 Å². The first kappa shape index (κ1) is 78.8. The average molecular weight is 1490 g/mol. The van der Waals surface area contributed by atoms with Gasteiger partial charge in [-0.25, -0.2) is 34.9 Å². The smallest absolute Gasteiger partial charge is 0.211 e. The average Bonchev–Trinajstić information content (AvgIpc) is 0.748. The summed E-state index contributed by atoms with van der Waals surface area (Å²) >= 11 is 1.18. The molecule has 0 radical (unpaired) electrons. The van der Waals surface area contributed by atoms with Crippen molar-refractivity contribution in [3.63, 3.8) is 0 Å². The normalized spacial score (nSPS) is 13.8. The highest BCUT2D eigenvalue weighted by molar-refractivity contribution is 7.93. The van der Waals surface area contributed by atoms with E-state index in [1.807, 2.05) is 72.8 Å². The lowest BCUT2D eigenvalue weighted by Gasteiger charge is -2.32. The van der Waals surface area contributed by atoms with Crippen LogP contribution >= 0.6 is 12.0 Å². The van der Waals surface area contributed by atoms with Crippen LogP contribution in [0.4, 0.5) is 0 Å². The van der Waals surface area contributed by atoms with Gasteiger partial charge in [-0.1, -0.05) is 146 Å². The fourth-order valence-electron chi connectivity index (χ4n) is 13.5. The number of likely N-dealkylation sites (N-methyl/N-ethyl adjacent to an activating group) is 1. The highest BCUT2D eigenvalue weighted by atomic mass is 32.2. The molecule has 548 valence electrons. The second kappa shape index (κ2) is 35.1. The summed E-state index contributed by atoms with van der Waals surface area (Å²) in [6, 6.07) is 61.8. The largest absolute Gasteiger partial charge is 0.744 e. The van der Waals surface area contributed by atoms with E-state index < -0.39 is 30.3 Å². The Hall–Kier alpha value is -8.80. The maximum atomic E-state index is 12.4. The van der Waals surface area contributed by atoms with Gasteiger partial charge < -0.3 is 28.4 Å². The zero-order chi connectivity index (χ0) is 75.3. The van der Waals surface area contributed by atoms with Gasteiger partial charge in [0.2, 0.25) is 10.0 Å². The number of hydrogen-bond donors (Lipinski definition) is 1. The van der Waals surface area contributed by atoms with Crippen LogP contribution in [0.5, 0.6) is 23.0 Å². The van der Waals surface area contributed by atoms with E-state index in [4.69, 9.17) is 9.47 Å². The number of benzene rings is 10. The molecule has 1 fully saturated rings. The molecule has 13 rings (SSSR count). The minimum atomic E-state index is -4.72. The molecule has 0 saturated carbocycles. The molecule has 19 heteroatoms. The quantitative estimate of drug-likeness (QED) is 0.0279. The zero-order valence-electron chi connectivity index (χ0n) is 61.6. The molecule has 10 aromatic rings. The van der Waals surface area contributed by atoms with E-state index in [0.717, 1.165) is 106 Å². The summed E-state index contributed by atoms with van der Waals surface area (Å²) < 4.78 is 116. The van der Waals surface area contributed by atoms with Crippen LogP contribution in [0.3, 0.4) is 0 Å². The van der Waals surface area contributed by atoms with Crippen LogP contribution in [0.1, 0.15) is 113 Å². The Morgan fingerprint density at radius 1 is 0.476 bits per heavy atom. The van der Waals surface area contributed by atoms with Crippen molar-refractivity contribution in [1.29, 1.82) is 0 Å². The molecule has 0 aliphatic carbocycles. The molecule has 0 unspecified atom stereocenters.